The summed E-state index contributed by atoms with van der Waals surface area (Å²) in [5, 5.41) is 4.74. The number of pyridine rings is 1. The second kappa shape index (κ2) is 9.09. The van der Waals surface area contributed by atoms with Gasteiger partial charge in [0, 0.05) is 5.39 Å². The molecule has 1 N–H and O–H groups in total. The van der Waals surface area contributed by atoms with Crippen LogP contribution >= 0.6 is 11.8 Å². The first-order chi connectivity index (χ1) is 13.9. The molecule has 5 nitrogen and oxygen atoms in total. The van der Waals surface area contributed by atoms with E-state index in [1.807, 2.05) is 6.07 Å². The summed E-state index contributed by atoms with van der Waals surface area (Å²) >= 11 is 1.37. The van der Waals surface area contributed by atoms with Gasteiger partial charge >= 0.3 is 5.97 Å². The van der Waals surface area contributed by atoms with Gasteiger partial charge in [0.1, 0.15) is 0 Å². The minimum atomic E-state index is -0.450. The SMILES string of the molecule is CCOC(=O)c1ccccc1NC(=O)CSc1cc(C)c2cc(C)cc(C)c2n1. The van der Waals surface area contributed by atoms with Crippen molar-refractivity contribution in [3.8, 4) is 0 Å². The highest BCUT2D eigenvalue weighted by atomic mass is 32.2. The Balaban J connectivity index is 1.73. The Morgan fingerprint density at radius 2 is 1.83 bits per heavy atom. The van der Waals surface area contributed by atoms with Crippen molar-refractivity contribution in [1.82, 2.24) is 4.98 Å². The minimum absolute atomic E-state index is 0.194. The molecule has 1 heterocycles. The largest absolute Gasteiger partial charge is 0.462 e. The highest BCUT2D eigenvalue weighted by molar-refractivity contribution is 7.99. The molecule has 6 heteroatoms. The fourth-order valence-electron chi connectivity index (χ4n) is 3.19. The van der Waals surface area contributed by atoms with Crippen LogP contribution in [0.1, 0.15) is 34.0 Å². The lowest BCUT2D eigenvalue weighted by molar-refractivity contribution is -0.113. The van der Waals surface area contributed by atoms with Gasteiger partial charge in [-0.25, -0.2) is 9.78 Å². The molecule has 0 aliphatic rings. The van der Waals surface area contributed by atoms with Crippen LogP contribution in [-0.4, -0.2) is 29.2 Å². The van der Waals surface area contributed by atoms with Crippen molar-refractivity contribution in [1.29, 1.82) is 0 Å². The van der Waals surface area contributed by atoms with E-state index in [1.54, 1.807) is 31.2 Å². The van der Waals surface area contributed by atoms with Gasteiger partial charge in [0.15, 0.2) is 0 Å². The Morgan fingerprint density at radius 1 is 1.07 bits per heavy atom. The second-order valence-corrected chi connectivity index (χ2v) is 7.85. The number of ether oxygens (including phenoxy) is 1. The highest BCUT2D eigenvalue weighted by Gasteiger charge is 2.14. The summed E-state index contributed by atoms with van der Waals surface area (Å²) in [5.41, 5.74) is 5.23. The molecule has 1 amide bonds. The number of aryl methyl sites for hydroxylation is 3. The topological polar surface area (TPSA) is 68.3 Å². The fourth-order valence-corrected chi connectivity index (χ4v) is 3.96. The van der Waals surface area contributed by atoms with Crippen LogP contribution in [0.25, 0.3) is 10.9 Å². The summed E-state index contributed by atoms with van der Waals surface area (Å²) in [7, 11) is 0. The molecule has 0 spiro atoms. The Bertz CT molecular complexity index is 1080. The Kier molecular flexibility index (Phi) is 6.54. The van der Waals surface area contributed by atoms with E-state index in [-0.39, 0.29) is 18.3 Å². The van der Waals surface area contributed by atoms with Gasteiger partial charge < -0.3 is 10.1 Å². The maximum Gasteiger partial charge on any atom is 0.340 e. The summed E-state index contributed by atoms with van der Waals surface area (Å²) in [6, 6.07) is 13.1. The van der Waals surface area contributed by atoms with E-state index in [0.717, 1.165) is 27.1 Å². The number of benzene rings is 2. The van der Waals surface area contributed by atoms with E-state index >= 15 is 0 Å². The molecule has 0 saturated carbocycles. The molecular weight excluding hydrogens is 384 g/mol. The van der Waals surface area contributed by atoms with Crippen LogP contribution in [0.15, 0.2) is 47.5 Å². The van der Waals surface area contributed by atoms with Crippen LogP contribution in [-0.2, 0) is 9.53 Å². The number of rotatable bonds is 6. The van der Waals surface area contributed by atoms with Gasteiger partial charge in [-0.3, -0.25) is 4.79 Å². The van der Waals surface area contributed by atoms with Crippen LogP contribution < -0.4 is 5.32 Å². The zero-order valence-electron chi connectivity index (χ0n) is 17.0. The molecule has 2 aromatic carbocycles. The van der Waals surface area contributed by atoms with Crippen molar-refractivity contribution < 1.29 is 14.3 Å². The Labute approximate surface area is 174 Å². The number of fused-ring (bicyclic) bond motifs is 1. The van der Waals surface area contributed by atoms with E-state index in [2.05, 4.69) is 38.2 Å². The summed E-state index contributed by atoms with van der Waals surface area (Å²) in [6.07, 6.45) is 0. The summed E-state index contributed by atoms with van der Waals surface area (Å²) in [5.74, 6) is -0.458. The predicted octanol–water partition coefficient (Wildman–Crippen LogP) is 5.07. The van der Waals surface area contributed by atoms with E-state index in [4.69, 9.17) is 9.72 Å². The van der Waals surface area contributed by atoms with Gasteiger partial charge in [-0.2, -0.15) is 0 Å². The number of carbonyl (C=O) groups is 2. The number of nitrogens with one attached hydrogen (secondary N) is 1. The van der Waals surface area contributed by atoms with Gasteiger partial charge in [0.05, 0.1) is 34.2 Å². The van der Waals surface area contributed by atoms with Gasteiger partial charge in [-0.1, -0.05) is 35.5 Å². The lowest BCUT2D eigenvalue weighted by atomic mass is 10.0. The predicted molar refractivity (Wildman–Crippen MR) is 118 cm³/mol. The van der Waals surface area contributed by atoms with Gasteiger partial charge in [-0.15, -0.1) is 0 Å². The number of hydrogen-bond acceptors (Lipinski definition) is 5. The number of carbonyl (C=O) groups excluding carboxylic acids is 2. The summed E-state index contributed by atoms with van der Waals surface area (Å²) in [6.45, 7) is 8.21. The molecule has 0 fully saturated rings. The number of aromatic nitrogens is 1. The molecule has 0 unspecified atom stereocenters. The third-order valence-corrected chi connectivity index (χ3v) is 5.39. The lowest BCUT2D eigenvalue weighted by Crippen LogP contribution is -2.17. The van der Waals surface area contributed by atoms with Crippen LogP contribution in [0.5, 0.6) is 0 Å². The molecular formula is C23H24N2O3S. The van der Waals surface area contributed by atoms with E-state index in [9.17, 15) is 9.59 Å². The van der Waals surface area contributed by atoms with Crippen molar-refractivity contribution in [2.24, 2.45) is 0 Å². The van der Waals surface area contributed by atoms with E-state index in [1.165, 1.54) is 17.3 Å². The number of anilines is 1. The average molecular weight is 409 g/mol. The van der Waals surface area contributed by atoms with Crippen LogP contribution in [0.3, 0.4) is 0 Å². The molecule has 0 saturated heterocycles. The summed E-state index contributed by atoms with van der Waals surface area (Å²) < 4.78 is 5.05. The van der Waals surface area contributed by atoms with Crippen LogP contribution in [0.4, 0.5) is 5.69 Å². The molecule has 3 rings (SSSR count). The zero-order valence-corrected chi connectivity index (χ0v) is 17.9. The maximum atomic E-state index is 12.5. The smallest absolute Gasteiger partial charge is 0.340 e. The van der Waals surface area contributed by atoms with Gasteiger partial charge in [0.25, 0.3) is 0 Å². The first-order valence-corrected chi connectivity index (χ1v) is 10.4. The van der Waals surface area contributed by atoms with Crippen molar-refractivity contribution in [2.75, 3.05) is 17.7 Å². The van der Waals surface area contributed by atoms with Crippen LogP contribution in [0, 0.1) is 20.8 Å². The number of nitrogens with zero attached hydrogens (tertiary/aromatic N) is 1. The van der Waals surface area contributed by atoms with E-state index in [0.29, 0.717) is 11.3 Å². The first-order valence-electron chi connectivity index (χ1n) is 9.46. The molecule has 1 aromatic heterocycles. The third kappa shape index (κ3) is 4.95. The van der Waals surface area contributed by atoms with Crippen molar-refractivity contribution >= 4 is 40.2 Å². The number of esters is 1. The third-order valence-electron chi connectivity index (χ3n) is 4.48. The standard InChI is InChI=1S/C23H24N2O3S/c1-5-28-23(27)17-8-6-7-9-19(17)24-20(26)13-29-21-12-15(3)18-11-14(2)10-16(4)22(18)25-21/h6-12H,5,13H2,1-4H3,(H,24,26). The van der Waals surface area contributed by atoms with Crippen molar-refractivity contribution in [3.05, 3.63) is 64.7 Å². The normalized spacial score (nSPS) is 10.8. The average Bonchev–Trinajstić information content (AvgIpc) is 2.68. The molecule has 0 aliphatic heterocycles. The van der Waals surface area contributed by atoms with Crippen molar-refractivity contribution in [3.63, 3.8) is 0 Å². The molecule has 3 aromatic rings. The maximum absolute atomic E-state index is 12.5. The monoisotopic (exact) mass is 408 g/mol. The highest BCUT2D eigenvalue weighted by Crippen LogP contribution is 2.27. The zero-order chi connectivity index (χ0) is 21.0. The Hall–Kier alpha value is -2.86. The van der Waals surface area contributed by atoms with E-state index < -0.39 is 5.97 Å². The summed E-state index contributed by atoms with van der Waals surface area (Å²) in [4.78, 5) is 29.3. The van der Waals surface area contributed by atoms with Crippen molar-refractivity contribution in [2.45, 2.75) is 32.7 Å². The van der Waals surface area contributed by atoms with Gasteiger partial charge in [0.2, 0.25) is 5.91 Å². The lowest BCUT2D eigenvalue weighted by Gasteiger charge is -2.11. The molecule has 0 atom stereocenters. The fraction of sp³-hybridized carbons (Fsp3) is 0.261. The minimum Gasteiger partial charge on any atom is -0.462 e. The molecule has 150 valence electrons. The molecule has 29 heavy (non-hydrogen) atoms. The Morgan fingerprint density at radius 3 is 2.59 bits per heavy atom. The first kappa shape index (κ1) is 20.9. The number of amides is 1. The number of para-hydroxylation sites is 1. The van der Waals surface area contributed by atoms with Gasteiger partial charge in [-0.05, 0) is 63.1 Å². The molecule has 0 radical (unpaired) electrons. The number of thioether (sulfide) groups is 1. The quantitative estimate of drug-likeness (QED) is 0.456. The number of hydrogen-bond donors (Lipinski definition) is 1. The second-order valence-electron chi connectivity index (χ2n) is 6.86. The molecule has 0 bridgehead atoms. The van der Waals surface area contributed by atoms with Crippen LogP contribution in [0.2, 0.25) is 0 Å². The molecule has 0 aliphatic carbocycles.